The lowest BCUT2D eigenvalue weighted by Crippen LogP contribution is -2.50. The zero-order chi connectivity index (χ0) is 20.6. The molecule has 1 unspecified atom stereocenters. The summed E-state index contributed by atoms with van der Waals surface area (Å²) in [6.07, 6.45) is 3.76. The zero-order valence-corrected chi connectivity index (χ0v) is 15.5. The van der Waals surface area contributed by atoms with E-state index < -0.39 is 23.6 Å². The number of amides is 2. The van der Waals surface area contributed by atoms with Gasteiger partial charge in [0.25, 0.3) is 0 Å². The first-order valence-corrected chi connectivity index (χ1v) is 8.98. The summed E-state index contributed by atoms with van der Waals surface area (Å²) in [4.78, 5) is 25.6. The van der Waals surface area contributed by atoms with Crippen molar-refractivity contribution in [2.24, 2.45) is 0 Å². The number of morpholine rings is 1. The summed E-state index contributed by atoms with van der Waals surface area (Å²) in [7, 11) is 0. The largest absolute Gasteiger partial charge is 0.488 e. The average Bonchev–Trinajstić information content (AvgIpc) is 3.25. The van der Waals surface area contributed by atoms with Crippen molar-refractivity contribution in [1.29, 1.82) is 0 Å². The van der Waals surface area contributed by atoms with Crippen LogP contribution in [0, 0.1) is 11.6 Å². The standard InChI is InChI=1S/C20H20F2N2O5/c21-14-3-5-17(22)18(10-14)29-13-16-12-24(7-9-28-16)20(26)11-23-19(25)6-4-15-2-1-8-27-15/h1-6,8,10,16H,7,9,11-13H2,(H,23,25). The Morgan fingerprint density at radius 2 is 2.17 bits per heavy atom. The van der Waals surface area contributed by atoms with Gasteiger partial charge in [-0.05, 0) is 30.3 Å². The maximum atomic E-state index is 13.6. The number of furan rings is 1. The number of nitrogens with zero attached hydrogens (tertiary/aromatic N) is 1. The van der Waals surface area contributed by atoms with Gasteiger partial charge in [0.2, 0.25) is 11.8 Å². The highest BCUT2D eigenvalue weighted by molar-refractivity contribution is 5.94. The second-order valence-electron chi connectivity index (χ2n) is 6.28. The Morgan fingerprint density at radius 1 is 1.31 bits per heavy atom. The smallest absolute Gasteiger partial charge is 0.244 e. The molecule has 0 spiro atoms. The molecule has 3 rings (SSSR count). The molecule has 9 heteroatoms. The molecule has 1 atom stereocenters. The van der Waals surface area contributed by atoms with Gasteiger partial charge in [0.1, 0.15) is 24.3 Å². The molecular formula is C20H20F2N2O5. The van der Waals surface area contributed by atoms with Gasteiger partial charge >= 0.3 is 0 Å². The fourth-order valence-corrected chi connectivity index (χ4v) is 2.69. The van der Waals surface area contributed by atoms with Crippen molar-refractivity contribution in [3.63, 3.8) is 0 Å². The number of carbonyl (C=O) groups is 2. The quantitative estimate of drug-likeness (QED) is 0.712. The highest BCUT2D eigenvalue weighted by Gasteiger charge is 2.25. The molecule has 29 heavy (non-hydrogen) atoms. The SMILES string of the molecule is O=C(C=Cc1ccco1)NCC(=O)N1CCOC(COc2cc(F)ccc2F)C1. The molecule has 154 valence electrons. The molecule has 1 N–H and O–H groups in total. The average molecular weight is 406 g/mol. The number of carbonyl (C=O) groups excluding carboxylic acids is 2. The van der Waals surface area contributed by atoms with Crippen LogP contribution in [-0.2, 0) is 14.3 Å². The van der Waals surface area contributed by atoms with Crippen molar-refractivity contribution in [3.05, 3.63) is 60.1 Å². The highest BCUT2D eigenvalue weighted by atomic mass is 19.1. The molecule has 2 amide bonds. The Hall–Kier alpha value is -3.20. The molecule has 0 aliphatic carbocycles. The van der Waals surface area contributed by atoms with E-state index in [1.165, 1.54) is 23.3 Å². The Morgan fingerprint density at radius 3 is 2.97 bits per heavy atom. The fraction of sp³-hybridized carbons (Fsp3) is 0.300. The van der Waals surface area contributed by atoms with Gasteiger partial charge < -0.3 is 24.1 Å². The predicted molar refractivity (Wildman–Crippen MR) is 98.9 cm³/mol. The van der Waals surface area contributed by atoms with Gasteiger partial charge in [-0.1, -0.05) is 0 Å². The number of hydrogen-bond acceptors (Lipinski definition) is 5. The van der Waals surface area contributed by atoms with Gasteiger partial charge in [-0.3, -0.25) is 9.59 Å². The first-order chi connectivity index (χ1) is 14.0. The molecule has 7 nitrogen and oxygen atoms in total. The summed E-state index contributed by atoms with van der Waals surface area (Å²) in [5.41, 5.74) is 0. The number of halogens is 2. The number of benzene rings is 1. The second kappa shape index (κ2) is 9.83. The van der Waals surface area contributed by atoms with Gasteiger partial charge in [0.05, 0.1) is 26.0 Å². The molecule has 2 heterocycles. The highest BCUT2D eigenvalue weighted by Crippen LogP contribution is 2.19. The van der Waals surface area contributed by atoms with Crippen molar-refractivity contribution in [2.75, 3.05) is 32.8 Å². The van der Waals surface area contributed by atoms with Gasteiger partial charge in [-0.25, -0.2) is 8.78 Å². The van der Waals surface area contributed by atoms with Crippen LogP contribution in [0.15, 0.2) is 47.1 Å². The molecule has 0 radical (unpaired) electrons. The zero-order valence-electron chi connectivity index (χ0n) is 15.5. The topological polar surface area (TPSA) is 81.0 Å². The normalized spacial score (nSPS) is 16.8. The molecule has 1 aliphatic rings. The van der Waals surface area contributed by atoms with Crippen LogP contribution in [0.2, 0.25) is 0 Å². The van der Waals surface area contributed by atoms with Gasteiger partial charge in [-0.2, -0.15) is 0 Å². The summed E-state index contributed by atoms with van der Waals surface area (Å²) in [5.74, 6) is -1.69. The minimum atomic E-state index is -0.680. The van der Waals surface area contributed by atoms with Crippen LogP contribution >= 0.6 is 0 Å². The van der Waals surface area contributed by atoms with Crippen LogP contribution in [0.5, 0.6) is 5.75 Å². The summed E-state index contributed by atoms with van der Waals surface area (Å²) in [6.45, 7) is 0.642. The van der Waals surface area contributed by atoms with Gasteiger partial charge in [0, 0.05) is 18.7 Å². The van der Waals surface area contributed by atoms with E-state index in [2.05, 4.69) is 5.32 Å². The fourth-order valence-electron chi connectivity index (χ4n) is 2.69. The van der Waals surface area contributed by atoms with Crippen LogP contribution < -0.4 is 10.1 Å². The molecular weight excluding hydrogens is 386 g/mol. The summed E-state index contributed by atoms with van der Waals surface area (Å²) in [6, 6.07) is 6.32. The van der Waals surface area contributed by atoms with E-state index in [1.54, 1.807) is 12.1 Å². The maximum Gasteiger partial charge on any atom is 0.244 e. The molecule has 1 aromatic carbocycles. The van der Waals surface area contributed by atoms with Crippen molar-refractivity contribution in [3.8, 4) is 5.75 Å². The molecule has 1 aliphatic heterocycles. The Kier molecular flexibility index (Phi) is 6.96. The van der Waals surface area contributed by atoms with Crippen LogP contribution in [0.3, 0.4) is 0 Å². The first-order valence-electron chi connectivity index (χ1n) is 8.98. The third-order valence-corrected chi connectivity index (χ3v) is 4.17. The third kappa shape index (κ3) is 6.15. The van der Waals surface area contributed by atoms with Crippen molar-refractivity contribution in [1.82, 2.24) is 10.2 Å². The summed E-state index contributed by atoms with van der Waals surface area (Å²) >= 11 is 0. The Bertz CT molecular complexity index is 870. The van der Waals surface area contributed by atoms with Crippen molar-refractivity contribution in [2.45, 2.75) is 6.10 Å². The van der Waals surface area contributed by atoms with E-state index >= 15 is 0 Å². The van der Waals surface area contributed by atoms with Crippen molar-refractivity contribution < 1.29 is 32.3 Å². The van der Waals surface area contributed by atoms with Crippen LogP contribution in [0.1, 0.15) is 5.76 Å². The lowest BCUT2D eigenvalue weighted by atomic mass is 10.2. The van der Waals surface area contributed by atoms with E-state index in [9.17, 15) is 18.4 Å². The van der Waals surface area contributed by atoms with E-state index in [4.69, 9.17) is 13.9 Å². The minimum absolute atomic E-state index is 0.0393. The number of rotatable bonds is 7. The van der Waals surface area contributed by atoms with E-state index in [-0.39, 0.29) is 38.0 Å². The summed E-state index contributed by atoms with van der Waals surface area (Å²) in [5, 5.41) is 2.51. The maximum absolute atomic E-state index is 13.6. The van der Waals surface area contributed by atoms with E-state index in [0.29, 0.717) is 12.3 Å². The number of nitrogens with one attached hydrogen (secondary N) is 1. The molecule has 0 saturated carbocycles. The van der Waals surface area contributed by atoms with Gasteiger partial charge in [-0.15, -0.1) is 0 Å². The van der Waals surface area contributed by atoms with Crippen LogP contribution in [-0.4, -0.2) is 55.7 Å². The van der Waals surface area contributed by atoms with E-state index in [0.717, 1.165) is 18.2 Å². The van der Waals surface area contributed by atoms with Crippen molar-refractivity contribution >= 4 is 17.9 Å². The molecule has 1 aromatic heterocycles. The lowest BCUT2D eigenvalue weighted by molar-refractivity contribution is -0.140. The number of hydrogen-bond donors (Lipinski definition) is 1. The molecule has 0 bridgehead atoms. The molecule has 1 fully saturated rings. The van der Waals surface area contributed by atoms with Crippen LogP contribution in [0.25, 0.3) is 6.08 Å². The predicted octanol–water partition coefficient (Wildman–Crippen LogP) is 1.99. The van der Waals surface area contributed by atoms with E-state index in [1.807, 2.05) is 0 Å². The monoisotopic (exact) mass is 406 g/mol. The Balaban J connectivity index is 1.44. The summed E-state index contributed by atoms with van der Waals surface area (Å²) < 4.78 is 42.7. The van der Waals surface area contributed by atoms with Crippen LogP contribution in [0.4, 0.5) is 8.78 Å². The molecule has 1 saturated heterocycles. The molecule has 2 aromatic rings. The second-order valence-corrected chi connectivity index (χ2v) is 6.28. The third-order valence-electron chi connectivity index (χ3n) is 4.17. The van der Waals surface area contributed by atoms with Gasteiger partial charge in [0.15, 0.2) is 11.6 Å². The number of ether oxygens (including phenoxy) is 2. The minimum Gasteiger partial charge on any atom is -0.488 e. The Labute approximate surface area is 165 Å². The first kappa shape index (κ1) is 20.5. The lowest BCUT2D eigenvalue weighted by Gasteiger charge is -2.32.